The second-order valence-electron chi connectivity index (χ2n) is 10.8. The summed E-state index contributed by atoms with van der Waals surface area (Å²) in [4.78, 5) is 0. The highest BCUT2D eigenvalue weighted by Crippen LogP contribution is 2.56. The number of aliphatic hydroxyl groups is 4. The molecule has 192 valence electrons. The lowest BCUT2D eigenvalue weighted by Gasteiger charge is -2.41. The average Bonchev–Trinajstić information content (AvgIpc) is 3.68. The minimum Gasteiger partial charge on any atom is -0.394 e. The molecular weight excluding hydrogens is 476 g/mol. The number of fused-ring (bicyclic) bond motifs is 1. The quantitative estimate of drug-likeness (QED) is 0.454. The molecule has 3 aliphatic rings. The van der Waals surface area contributed by atoms with Crippen LogP contribution in [0.5, 0.6) is 0 Å². The molecule has 4 N–H and O–H groups in total. The molecule has 0 aromatic heterocycles. The van der Waals surface area contributed by atoms with Gasteiger partial charge in [-0.2, -0.15) is 0 Å². The van der Waals surface area contributed by atoms with E-state index < -0.39 is 37.1 Å². The second-order valence-corrected chi connectivity index (χ2v) is 11.2. The van der Waals surface area contributed by atoms with Gasteiger partial charge in [0, 0.05) is 11.0 Å². The lowest BCUT2D eigenvalue weighted by atomic mass is 9.85. The zero-order chi connectivity index (χ0) is 25.6. The maximum atomic E-state index is 10.6. The van der Waals surface area contributed by atoms with E-state index in [0.29, 0.717) is 12.3 Å². The molecular formula is C30H35ClO5. The number of aliphatic hydroxyl groups excluding tert-OH is 4. The van der Waals surface area contributed by atoms with Crippen molar-refractivity contribution in [3.05, 3.63) is 93.0 Å². The maximum absolute atomic E-state index is 10.6. The highest BCUT2D eigenvalue weighted by molar-refractivity contribution is 6.30. The fraction of sp³-hybridized carbons (Fsp3) is 0.467. The van der Waals surface area contributed by atoms with Crippen LogP contribution < -0.4 is 0 Å². The third-order valence-electron chi connectivity index (χ3n) is 7.88. The molecule has 0 amide bonds. The van der Waals surface area contributed by atoms with Crippen molar-refractivity contribution in [2.24, 2.45) is 11.8 Å². The van der Waals surface area contributed by atoms with Crippen molar-refractivity contribution in [1.29, 1.82) is 0 Å². The van der Waals surface area contributed by atoms with Crippen molar-refractivity contribution in [3.8, 4) is 0 Å². The van der Waals surface area contributed by atoms with Crippen LogP contribution in [0.3, 0.4) is 0 Å². The van der Waals surface area contributed by atoms with Gasteiger partial charge in [0.2, 0.25) is 0 Å². The zero-order valence-electron chi connectivity index (χ0n) is 20.7. The molecule has 2 aliphatic carbocycles. The van der Waals surface area contributed by atoms with Crippen LogP contribution >= 0.6 is 11.6 Å². The van der Waals surface area contributed by atoms with Crippen molar-refractivity contribution in [1.82, 2.24) is 0 Å². The first-order valence-electron chi connectivity index (χ1n) is 12.8. The minimum absolute atomic E-state index is 0.159. The van der Waals surface area contributed by atoms with E-state index in [9.17, 15) is 20.4 Å². The Bertz CT molecular complexity index is 1130. The molecule has 0 spiro atoms. The van der Waals surface area contributed by atoms with Crippen LogP contribution in [0.2, 0.25) is 0 Å². The third kappa shape index (κ3) is 5.06. The van der Waals surface area contributed by atoms with Crippen molar-refractivity contribution >= 4 is 11.6 Å². The molecule has 1 saturated heterocycles. The van der Waals surface area contributed by atoms with Crippen molar-refractivity contribution in [3.63, 3.8) is 0 Å². The molecule has 2 fully saturated rings. The number of rotatable bonds is 7. The summed E-state index contributed by atoms with van der Waals surface area (Å²) < 4.78 is 5.85. The van der Waals surface area contributed by atoms with E-state index in [4.69, 9.17) is 16.3 Å². The SMILES string of the molecule is CC(C)c1ccc(Cc2ccc(CC3=C(Cl)C4CC4C([C@@H]4O[C@H](CO)[C@@H](O)[C@H](O)[C@H]4O)=C3)cc2)cc1. The third-order valence-corrected chi connectivity index (χ3v) is 8.41. The van der Waals surface area contributed by atoms with Gasteiger partial charge in [0.25, 0.3) is 0 Å². The number of benzene rings is 2. The van der Waals surface area contributed by atoms with Gasteiger partial charge in [-0.05, 0) is 64.5 Å². The highest BCUT2D eigenvalue weighted by Gasteiger charge is 2.52. The molecule has 0 radical (unpaired) electrons. The van der Waals surface area contributed by atoms with Gasteiger partial charge in [-0.15, -0.1) is 0 Å². The number of ether oxygens (including phenoxy) is 1. The molecule has 1 heterocycles. The number of halogens is 1. The first-order chi connectivity index (χ1) is 17.3. The summed E-state index contributed by atoms with van der Waals surface area (Å²) in [5.74, 6) is 0.884. The van der Waals surface area contributed by atoms with Crippen LogP contribution in [0.1, 0.15) is 48.4 Å². The maximum Gasteiger partial charge on any atom is 0.113 e. The van der Waals surface area contributed by atoms with Gasteiger partial charge in [-0.1, -0.05) is 80.1 Å². The smallest absolute Gasteiger partial charge is 0.113 e. The fourth-order valence-corrected chi connectivity index (χ4v) is 5.88. The summed E-state index contributed by atoms with van der Waals surface area (Å²) in [6.07, 6.45) is -1.28. The normalized spacial score (nSPS) is 31.9. The lowest BCUT2D eigenvalue weighted by Crippen LogP contribution is -2.59. The van der Waals surface area contributed by atoms with E-state index in [2.05, 4.69) is 62.4 Å². The van der Waals surface area contributed by atoms with Crippen LogP contribution in [0, 0.1) is 11.8 Å². The van der Waals surface area contributed by atoms with Gasteiger partial charge in [0.1, 0.15) is 30.5 Å². The Morgan fingerprint density at radius 1 is 0.833 bits per heavy atom. The Morgan fingerprint density at radius 2 is 1.42 bits per heavy atom. The molecule has 6 heteroatoms. The summed E-state index contributed by atoms with van der Waals surface area (Å²) >= 11 is 6.75. The molecule has 7 atom stereocenters. The molecule has 2 aromatic rings. The molecule has 36 heavy (non-hydrogen) atoms. The van der Waals surface area contributed by atoms with E-state index in [0.717, 1.165) is 34.6 Å². The molecule has 5 rings (SSSR count). The van der Waals surface area contributed by atoms with Gasteiger partial charge < -0.3 is 25.2 Å². The van der Waals surface area contributed by atoms with Crippen LogP contribution in [-0.4, -0.2) is 57.6 Å². The predicted octanol–water partition coefficient (Wildman–Crippen LogP) is 3.85. The predicted molar refractivity (Wildman–Crippen MR) is 140 cm³/mol. The van der Waals surface area contributed by atoms with Crippen molar-refractivity contribution < 1.29 is 25.2 Å². The largest absolute Gasteiger partial charge is 0.394 e. The summed E-state index contributed by atoms with van der Waals surface area (Å²) in [7, 11) is 0. The Hall–Kier alpha value is -1.99. The Morgan fingerprint density at radius 3 is 2.00 bits per heavy atom. The molecule has 1 saturated carbocycles. The topological polar surface area (TPSA) is 90.2 Å². The van der Waals surface area contributed by atoms with E-state index in [1.165, 1.54) is 16.7 Å². The second kappa shape index (κ2) is 10.4. The van der Waals surface area contributed by atoms with E-state index in [-0.39, 0.29) is 11.8 Å². The first kappa shape index (κ1) is 25.7. The van der Waals surface area contributed by atoms with Crippen LogP contribution in [0.15, 0.2) is 70.8 Å². The van der Waals surface area contributed by atoms with Gasteiger partial charge in [-0.3, -0.25) is 0 Å². The molecule has 1 aliphatic heterocycles. The summed E-state index contributed by atoms with van der Waals surface area (Å²) in [5.41, 5.74) is 6.90. The molecule has 0 bridgehead atoms. The van der Waals surface area contributed by atoms with Crippen molar-refractivity contribution in [2.45, 2.75) is 69.5 Å². The van der Waals surface area contributed by atoms with Crippen LogP contribution in [0.25, 0.3) is 0 Å². The summed E-state index contributed by atoms with van der Waals surface area (Å²) in [6.45, 7) is 3.97. The zero-order valence-corrected chi connectivity index (χ0v) is 21.5. The van der Waals surface area contributed by atoms with E-state index >= 15 is 0 Å². The lowest BCUT2D eigenvalue weighted by molar-refractivity contribution is -0.220. The number of hydrogen-bond donors (Lipinski definition) is 4. The number of allylic oxidation sites excluding steroid dienone is 3. The summed E-state index contributed by atoms with van der Waals surface area (Å²) in [6, 6.07) is 17.4. The molecule has 5 nitrogen and oxygen atoms in total. The molecule has 2 unspecified atom stereocenters. The van der Waals surface area contributed by atoms with Crippen molar-refractivity contribution in [2.75, 3.05) is 6.61 Å². The monoisotopic (exact) mass is 510 g/mol. The van der Waals surface area contributed by atoms with E-state index in [1.807, 2.05) is 6.08 Å². The Labute approximate surface area is 217 Å². The molecule has 2 aromatic carbocycles. The van der Waals surface area contributed by atoms with Gasteiger partial charge in [0.15, 0.2) is 0 Å². The van der Waals surface area contributed by atoms with Crippen LogP contribution in [0.4, 0.5) is 0 Å². The highest BCUT2D eigenvalue weighted by atomic mass is 35.5. The fourth-order valence-electron chi connectivity index (χ4n) is 5.52. The number of hydrogen-bond acceptors (Lipinski definition) is 5. The first-order valence-corrected chi connectivity index (χ1v) is 13.2. The van der Waals surface area contributed by atoms with Gasteiger partial charge >= 0.3 is 0 Å². The van der Waals surface area contributed by atoms with E-state index in [1.54, 1.807) is 0 Å². The Kier molecular flexibility index (Phi) is 7.42. The Balaban J connectivity index is 1.30. The van der Waals surface area contributed by atoms with Gasteiger partial charge in [0.05, 0.1) is 6.61 Å². The van der Waals surface area contributed by atoms with Crippen LogP contribution in [-0.2, 0) is 17.6 Å². The summed E-state index contributed by atoms with van der Waals surface area (Å²) in [5, 5.41) is 41.5. The standard InChI is InChI=1S/C30H35ClO5/c1-16(2)20-9-7-18(8-10-20)11-17-3-5-19(6-4-17)12-21-13-24(22-14-23(22)26(21)31)30-29(35)28(34)27(33)25(15-32)36-30/h3-10,13,16,22-23,25,27-30,32-35H,11-12,14-15H2,1-2H3/t22?,23?,25-,27-,28+,29-,30+/m1/s1. The average molecular weight is 511 g/mol. The van der Waals surface area contributed by atoms with Gasteiger partial charge in [-0.25, -0.2) is 0 Å². The minimum atomic E-state index is -1.38.